The SMILES string of the molecule is CCCN1CCN(c2ccc(Nc3ncc(C(=O)Nc4c(C)cccc4C)c(Oc4ccccc4C(F)(F)F)n3)cc2)CC1. The number of hydrogen-bond acceptors (Lipinski definition) is 7. The van der Waals surface area contributed by atoms with Gasteiger partial charge in [0.2, 0.25) is 11.8 Å². The maximum Gasteiger partial charge on any atom is 0.419 e. The molecule has 5 rings (SSSR count). The summed E-state index contributed by atoms with van der Waals surface area (Å²) in [7, 11) is 0. The standard InChI is InChI=1S/C33H35F3N6O2/c1-4-16-41-17-19-42(20-18-41)25-14-12-24(13-15-25)38-32-37-21-26(30(43)39-29-22(2)8-7-9-23(29)3)31(40-32)44-28-11-6-5-10-27(28)33(34,35)36/h5-15,21H,4,16-20H2,1-3H3,(H,39,43)(H,37,38,40). The van der Waals surface area contributed by atoms with Crippen molar-refractivity contribution in [3.63, 3.8) is 0 Å². The van der Waals surface area contributed by atoms with Crippen LogP contribution in [0.3, 0.4) is 0 Å². The van der Waals surface area contributed by atoms with Crippen LogP contribution < -0.4 is 20.3 Å². The fourth-order valence-corrected chi connectivity index (χ4v) is 5.18. The van der Waals surface area contributed by atoms with Crippen LogP contribution in [0.2, 0.25) is 0 Å². The number of ether oxygens (including phenoxy) is 1. The Kier molecular flexibility index (Phi) is 9.34. The van der Waals surface area contributed by atoms with Gasteiger partial charge in [-0.15, -0.1) is 0 Å². The van der Waals surface area contributed by atoms with E-state index >= 15 is 0 Å². The molecule has 0 saturated carbocycles. The molecule has 4 aromatic rings. The molecule has 0 unspecified atom stereocenters. The third-order valence-electron chi connectivity index (χ3n) is 7.52. The van der Waals surface area contributed by atoms with Crippen LogP contribution in [0.25, 0.3) is 0 Å². The predicted molar refractivity (Wildman–Crippen MR) is 166 cm³/mol. The zero-order valence-corrected chi connectivity index (χ0v) is 24.9. The van der Waals surface area contributed by atoms with E-state index in [2.05, 4.69) is 37.3 Å². The lowest BCUT2D eigenvalue weighted by Crippen LogP contribution is -2.46. The number of para-hydroxylation sites is 2. The van der Waals surface area contributed by atoms with E-state index in [9.17, 15) is 18.0 Å². The van der Waals surface area contributed by atoms with Crippen LogP contribution in [0.4, 0.5) is 36.2 Å². The number of anilines is 4. The summed E-state index contributed by atoms with van der Waals surface area (Å²) >= 11 is 0. The summed E-state index contributed by atoms with van der Waals surface area (Å²) in [6, 6.07) is 18.1. The van der Waals surface area contributed by atoms with Crippen molar-refractivity contribution in [2.45, 2.75) is 33.4 Å². The molecule has 0 atom stereocenters. The Morgan fingerprint density at radius 1 is 0.932 bits per heavy atom. The van der Waals surface area contributed by atoms with E-state index in [0.29, 0.717) is 11.4 Å². The van der Waals surface area contributed by atoms with Crippen molar-refractivity contribution < 1.29 is 22.7 Å². The lowest BCUT2D eigenvalue weighted by Gasteiger charge is -2.36. The number of carbonyl (C=O) groups excluding carboxylic acids is 1. The number of aryl methyl sites for hydroxylation is 2. The molecule has 2 heterocycles. The van der Waals surface area contributed by atoms with E-state index in [4.69, 9.17) is 4.74 Å². The Morgan fingerprint density at radius 2 is 1.61 bits per heavy atom. The van der Waals surface area contributed by atoms with Gasteiger partial charge in [0.05, 0.1) is 5.56 Å². The number of piperazine rings is 1. The van der Waals surface area contributed by atoms with Crippen LogP contribution in [0.1, 0.15) is 40.4 Å². The first-order chi connectivity index (χ1) is 21.1. The predicted octanol–water partition coefficient (Wildman–Crippen LogP) is 7.43. The Bertz CT molecular complexity index is 1580. The van der Waals surface area contributed by atoms with E-state index in [1.807, 2.05) is 56.3 Å². The van der Waals surface area contributed by atoms with E-state index < -0.39 is 23.4 Å². The summed E-state index contributed by atoms with van der Waals surface area (Å²) in [5.74, 6) is -1.34. The zero-order chi connectivity index (χ0) is 31.3. The molecule has 8 nitrogen and oxygen atoms in total. The number of alkyl halides is 3. The Balaban J connectivity index is 1.40. The second-order valence-corrected chi connectivity index (χ2v) is 10.7. The molecule has 2 N–H and O–H groups in total. The number of halogens is 3. The number of nitrogens with one attached hydrogen (secondary N) is 2. The van der Waals surface area contributed by atoms with Gasteiger partial charge in [0.1, 0.15) is 11.3 Å². The van der Waals surface area contributed by atoms with Crippen LogP contribution >= 0.6 is 0 Å². The van der Waals surface area contributed by atoms with E-state index in [0.717, 1.165) is 62.0 Å². The van der Waals surface area contributed by atoms with Crippen LogP contribution in [0, 0.1) is 13.8 Å². The summed E-state index contributed by atoms with van der Waals surface area (Å²) in [6.45, 7) is 10.9. The lowest BCUT2D eigenvalue weighted by molar-refractivity contribution is -0.138. The van der Waals surface area contributed by atoms with E-state index in [1.54, 1.807) is 0 Å². The normalized spacial score (nSPS) is 13.9. The van der Waals surface area contributed by atoms with Crippen LogP contribution in [0.5, 0.6) is 11.6 Å². The monoisotopic (exact) mass is 604 g/mol. The van der Waals surface area contributed by atoms with Gasteiger partial charge in [0.25, 0.3) is 5.91 Å². The second-order valence-electron chi connectivity index (χ2n) is 10.7. The molecular formula is C33H35F3N6O2. The molecule has 1 aliphatic heterocycles. The van der Waals surface area contributed by atoms with Gasteiger partial charge in [0.15, 0.2) is 0 Å². The summed E-state index contributed by atoms with van der Waals surface area (Å²) in [5, 5.41) is 5.91. The van der Waals surface area contributed by atoms with Crippen molar-refractivity contribution in [1.29, 1.82) is 0 Å². The van der Waals surface area contributed by atoms with E-state index in [-0.39, 0.29) is 17.4 Å². The molecule has 0 radical (unpaired) electrons. The number of hydrogen-bond donors (Lipinski definition) is 2. The third kappa shape index (κ3) is 7.28. The highest BCUT2D eigenvalue weighted by atomic mass is 19.4. The van der Waals surface area contributed by atoms with Crippen molar-refractivity contribution in [1.82, 2.24) is 14.9 Å². The summed E-state index contributed by atoms with van der Waals surface area (Å²) < 4.78 is 47.0. The molecule has 0 aliphatic carbocycles. The Morgan fingerprint density at radius 3 is 2.27 bits per heavy atom. The van der Waals surface area contributed by atoms with Gasteiger partial charge in [0, 0.05) is 49.4 Å². The van der Waals surface area contributed by atoms with E-state index in [1.165, 1.54) is 24.4 Å². The first kappa shape index (κ1) is 30.8. The molecule has 11 heteroatoms. The Hall–Kier alpha value is -4.64. The lowest BCUT2D eigenvalue weighted by atomic mass is 10.1. The van der Waals surface area contributed by atoms with Crippen LogP contribution in [-0.2, 0) is 6.18 Å². The highest BCUT2D eigenvalue weighted by molar-refractivity contribution is 6.06. The molecule has 1 aromatic heterocycles. The van der Waals surface area contributed by atoms with Gasteiger partial charge >= 0.3 is 6.18 Å². The number of nitrogens with zero attached hydrogens (tertiary/aromatic N) is 4. The van der Waals surface area contributed by atoms with Gasteiger partial charge in [-0.05, 0) is 74.3 Å². The van der Waals surface area contributed by atoms with Crippen LogP contribution in [-0.4, -0.2) is 53.5 Å². The second kappa shape index (κ2) is 13.3. The van der Waals surface area contributed by atoms with Crippen molar-refractivity contribution in [2.75, 3.05) is 48.3 Å². The molecule has 1 fully saturated rings. The molecule has 1 aliphatic rings. The van der Waals surface area contributed by atoms with Crippen molar-refractivity contribution in [3.05, 3.63) is 95.2 Å². The maximum atomic E-state index is 13.8. The molecule has 0 spiro atoms. The molecule has 1 amide bonds. The highest BCUT2D eigenvalue weighted by Gasteiger charge is 2.35. The minimum atomic E-state index is -4.67. The molecule has 0 bridgehead atoms. The topological polar surface area (TPSA) is 82.6 Å². The van der Waals surface area contributed by atoms with Crippen molar-refractivity contribution in [2.24, 2.45) is 0 Å². The molecule has 44 heavy (non-hydrogen) atoms. The first-order valence-corrected chi connectivity index (χ1v) is 14.6. The minimum Gasteiger partial charge on any atom is -0.437 e. The van der Waals surface area contributed by atoms with Gasteiger partial charge in [-0.25, -0.2) is 4.98 Å². The van der Waals surface area contributed by atoms with Crippen LogP contribution in [0.15, 0.2) is 72.9 Å². The average molecular weight is 605 g/mol. The summed E-state index contributed by atoms with van der Waals surface area (Å²) in [5.41, 5.74) is 2.91. The highest BCUT2D eigenvalue weighted by Crippen LogP contribution is 2.38. The van der Waals surface area contributed by atoms with Crippen molar-refractivity contribution in [3.8, 4) is 11.6 Å². The fourth-order valence-electron chi connectivity index (χ4n) is 5.18. The summed E-state index contributed by atoms with van der Waals surface area (Å²) in [6.07, 6.45) is -2.29. The molecule has 230 valence electrons. The maximum absolute atomic E-state index is 13.8. The first-order valence-electron chi connectivity index (χ1n) is 14.6. The smallest absolute Gasteiger partial charge is 0.419 e. The average Bonchev–Trinajstić information content (AvgIpc) is 3.00. The number of benzene rings is 3. The quantitative estimate of drug-likeness (QED) is 0.206. The summed E-state index contributed by atoms with van der Waals surface area (Å²) in [4.78, 5) is 26.8. The number of carbonyl (C=O) groups is 1. The molecule has 1 saturated heterocycles. The minimum absolute atomic E-state index is 0.0639. The number of rotatable bonds is 9. The van der Waals surface area contributed by atoms with Gasteiger partial charge in [-0.3, -0.25) is 9.69 Å². The third-order valence-corrected chi connectivity index (χ3v) is 7.52. The largest absolute Gasteiger partial charge is 0.437 e. The van der Waals surface area contributed by atoms with Crippen molar-refractivity contribution >= 4 is 28.9 Å². The number of amides is 1. The molecular weight excluding hydrogens is 569 g/mol. The fraction of sp³-hybridized carbons (Fsp3) is 0.303. The van der Waals surface area contributed by atoms with Gasteiger partial charge in [-0.2, -0.15) is 18.2 Å². The Labute approximate surface area is 254 Å². The molecule has 3 aromatic carbocycles. The number of aromatic nitrogens is 2. The zero-order valence-electron chi connectivity index (χ0n) is 24.9. The van der Waals surface area contributed by atoms with Gasteiger partial charge in [-0.1, -0.05) is 37.3 Å². The van der Waals surface area contributed by atoms with Gasteiger partial charge < -0.3 is 20.3 Å².